The molecule has 0 aliphatic heterocycles. The van der Waals surface area contributed by atoms with Crippen molar-refractivity contribution in [3.05, 3.63) is 29.8 Å². The van der Waals surface area contributed by atoms with Crippen LogP contribution in [0.3, 0.4) is 0 Å². The summed E-state index contributed by atoms with van der Waals surface area (Å²) in [5.74, 6) is -0.978. The quantitative estimate of drug-likeness (QED) is 0.545. The van der Waals surface area contributed by atoms with Crippen molar-refractivity contribution < 1.29 is 22.1 Å². The number of carbonyl (C=O) groups excluding carboxylic acids is 1. The lowest BCUT2D eigenvalue weighted by Gasteiger charge is -2.14. The fourth-order valence-corrected chi connectivity index (χ4v) is 2.77. The molecule has 0 heterocycles. The molecule has 1 atom stereocenters. The first-order valence-corrected chi connectivity index (χ1v) is 8.44. The molecular formula is C15H22O5S. The summed E-state index contributed by atoms with van der Waals surface area (Å²) < 4.78 is 34.1. The number of aryl methyl sites for hydroxylation is 1. The Hall–Kier alpha value is -1.40. The minimum Gasteiger partial charge on any atom is -0.466 e. The highest BCUT2D eigenvalue weighted by molar-refractivity contribution is 7.86. The van der Waals surface area contributed by atoms with Crippen molar-refractivity contribution in [2.75, 3.05) is 13.2 Å². The average molecular weight is 314 g/mol. The molecule has 0 saturated heterocycles. The highest BCUT2D eigenvalue weighted by Gasteiger charge is 2.23. The molecule has 0 amide bonds. The second-order valence-corrected chi connectivity index (χ2v) is 6.40. The molecule has 5 nitrogen and oxygen atoms in total. The molecule has 21 heavy (non-hydrogen) atoms. The summed E-state index contributed by atoms with van der Waals surface area (Å²) >= 11 is 0. The van der Waals surface area contributed by atoms with Crippen molar-refractivity contribution in [1.82, 2.24) is 0 Å². The molecule has 1 unspecified atom stereocenters. The predicted octanol–water partition coefficient (Wildman–Crippen LogP) is 2.68. The molecule has 0 N–H and O–H groups in total. The smallest absolute Gasteiger partial charge is 0.311 e. The highest BCUT2D eigenvalue weighted by atomic mass is 32.2. The average Bonchev–Trinajstić information content (AvgIpc) is 2.44. The monoisotopic (exact) mass is 314 g/mol. The van der Waals surface area contributed by atoms with Crippen LogP contribution in [0.15, 0.2) is 29.2 Å². The minimum atomic E-state index is -3.85. The van der Waals surface area contributed by atoms with E-state index in [9.17, 15) is 13.2 Å². The van der Waals surface area contributed by atoms with Gasteiger partial charge in [0.1, 0.15) is 0 Å². The number of hydrogen-bond donors (Lipinski definition) is 0. The van der Waals surface area contributed by atoms with Gasteiger partial charge in [-0.05, 0) is 32.4 Å². The zero-order chi connectivity index (χ0) is 15.9. The van der Waals surface area contributed by atoms with Gasteiger partial charge in [0.15, 0.2) is 0 Å². The first-order valence-electron chi connectivity index (χ1n) is 7.03. The van der Waals surface area contributed by atoms with Crippen molar-refractivity contribution >= 4 is 16.1 Å². The first-order chi connectivity index (χ1) is 9.90. The zero-order valence-corrected chi connectivity index (χ0v) is 13.5. The Morgan fingerprint density at radius 3 is 2.33 bits per heavy atom. The molecule has 1 aromatic carbocycles. The van der Waals surface area contributed by atoms with Gasteiger partial charge in [0.2, 0.25) is 0 Å². The summed E-state index contributed by atoms with van der Waals surface area (Å²) in [6.45, 7) is 5.58. The van der Waals surface area contributed by atoms with Gasteiger partial charge in [-0.1, -0.05) is 31.0 Å². The first kappa shape index (κ1) is 17.7. The normalized spacial score (nSPS) is 12.9. The maximum atomic E-state index is 12.1. The lowest BCUT2D eigenvalue weighted by atomic mass is 10.1. The lowest BCUT2D eigenvalue weighted by molar-refractivity contribution is -0.149. The van der Waals surface area contributed by atoms with E-state index in [0.717, 1.165) is 12.0 Å². The summed E-state index contributed by atoms with van der Waals surface area (Å²) in [6, 6.07) is 6.38. The summed E-state index contributed by atoms with van der Waals surface area (Å²) in [5, 5.41) is 0. The Balaban J connectivity index is 2.73. The van der Waals surface area contributed by atoms with Crippen LogP contribution in [0.1, 0.15) is 32.3 Å². The maximum absolute atomic E-state index is 12.1. The predicted molar refractivity (Wildman–Crippen MR) is 79.3 cm³/mol. The number of esters is 1. The summed E-state index contributed by atoms with van der Waals surface area (Å²) in [4.78, 5) is 11.8. The molecule has 1 aromatic rings. The van der Waals surface area contributed by atoms with Gasteiger partial charge in [0, 0.05) is 0 Å². The van der Waals surface area contributed by atoms with Gasteiger partial charge in [-0.15, -0.1) is 0 Å². The van der Waals surface area contributed by atoms with Crippen LogP contribution in [0.25, 0.3) is 0 Å². The summed E-state index contributed by atoms with van der Waals surface area (Å²) in [6.07, 6.45) is 1.28. The number of rotatable bonds is 8. The van der Waals surface area contributed by atoms with E-state index < -0.39 is 22.0 Å². The summed E-state index contributed by atoms with van der Waals surface area (Å²) in [5.41, 5.74) is 0.962. The molecule has 0 aromatic heterocycles. The Morgan fingerprint density at radius 1 is 1.19 bits per heavy atom. The van der Waals surface area contributed by atoms with Crippen LogP contribution < -0.4 is 0 Å². The van der Waals surface area contributed by atoms with Crippen molar-refractivity contribution in [1.29, 1.82) is 0 Å². The fraction of sp³-hybridized carbons (Fsp3) is 0.533. The van der Waals surface area contributed by atoms with E-state index >= 15 is 0 Å². The zero-order valence-electron chi connectivity index (χ0n) is 12.7. The molecule has 0 spiro atoms. The second-order valence-electron chi connectivity index (χ2n) is 4.79. The van der Waals surface area contributed by atoms with E-state index in [2.05, 4.69) is 0 Å². The van der Waals surface area contributed by atoms with Gasteiger partial charge in [-0.3, -0.25) is 8.98 Å². The van der Waals surface area contributed by atoms with Gasteiger partial charge in [-0.2, -0.15) is 8.42 Å². The third-order valence-corrected chi connectivity index (χ3v) is 4.29. The SMILES string of the molecule is CCCC(COS(=O)(=O)c1ccc(C)cc1)C(=O)OCC. The minimum absolute atomic E-state index is 0.0900. The molecule has 0 bridgehead atoms. The molecule has 1 rings (SSSR count). The summed E-state index contributed by atoms with van der Waals surface area (Å²) in [7, 11) is -3.85. The molecule has 0 aliphatic rings. The maximum Gasteiger partial charge on any atom is 0.311 e. The molecular weight excluding hydrogens is 292 g/mol. The van der Waals surface area contributed by atoms with Crippen LogP contribution in [0, 0.1) is 12.8 Å². The number of ether oxygens (including phenoxy) is 1. The van der Waals surface area contributed by atoms with Gasteiger partial charge >= 0.3 is 5.97 Å². The Labute approximate surface area is 126 Å². The molecule has 118 valence electrons. The Morgan fingerprint density at radius 2 is 1.81 bits per heavy atom. The van der Waals surface area contributed by atoms with Gasteiger partial charge < -0.3 is 4.74 Å². The Bertz CT molecular complexity index is 548. The molecule has 0 fully saturated rings. The van der Waals surface area contributed by atoms with Gasteiger partial charge in [0.05, 0.1) is 24.0 Å². The molecule has 0 aliphatic carbocycles. The van der Waals surface area contributed by atoms with Crippen LogP contribution in [0.4, 0.5) is 0 Å². The van der Waals surface area contributed by atoms with E-state index in [1.807, 2.05) is 13.8 Å². The van der Waals surface area contributed by atoms with Gasteiger partial charge in [0.25, 0.3) is 10.1 Å². The Kier molecular flexibility index (Phi) is 6.84. The lowest BCUT2D eigenvalue weighted by Crippen LogP contribution is -2.24. The third kappa shape index (κ3) is 5.47. The molecule has 6 heteroatoms. The van der Waals surface area contributed by atoms with E-state index in [1.165, 1.54) is 12.1 Å². The standard InChI is InChI=1S/C15H22O5S/c1-4-6-13(15(16)19-5-2)11-20-21(17,18)14-9-7-12(3)8-10-14/h7-10,13H,4-6,11H2,1-3H3. The number of carbonyl (C=O) groups is 1. The molecule has 0 radical (unpaired) electrons. The van der Waals surface area contributed by atoms with Crippen LogP contribution in [-0.2, 0) is 23.8 Å². The second kappa shape index (κ2) is 8.14. The van der Waals surface area contributed by atoms with E-state index in [1.54, 1.807) is 19.1 Å². The van der Waals surface area contributed by atoms with Gasteiger partial charge in [-0.25, -0.2) is 0 Å². The van der Waals surface area contributed by atoms with Crippen LogP contribution >= 0.6 is 0 Å². The topological polar surface area (TPSA) is 69.7 Å². The van der Waals surface area contributed by atoms with Crippen LogP contribution in [-0.4, -0.2) is 27.6 Å². The van der Waals surface area contributed by atoms with E-state index in [-0.39, 0.29) is 18.1 Å². The van der Waals surface area contributed by atoms with E-state index in [0.29, 0.717) is 6.42 Å². The molecule has 0 saturated carbocycles. The fourth-order valence-electron chi connectivity index (χ4n) is 1.82. The van der Waals surface area contributed by atoms with Crippen molar-refractivity contribution in [3.8, 4) is 0 Å². The number of benzene rings is 1. The van der Waals surface area contributed by atoms with Crippen molar-refractivity contribution in [2.45, 2.75) is 38.5 Å². The van der Waals surface area contributed by atoms with Crippen LogP contribution in [0.2, 0.25) is 0 Å². The number of hydrogen-bond acceptors (Lipinski definition) is 5. The third-order valence-electron chi connectivity index (χ3n) is 2.99. The van der Waals surface area contributed by atoms with E-state index in [4.69, 9.17) is 8.92 Å². The van der Waals surface area contributed by atoms with Crippen LogP contribution in [0.5, 0.6) is 0 Å². The van der Waals surface area contributed by atoms with Crippen molar-refractivity contribution in [3.63, 3.8) is 0 Å². The highest BCUT2D eigenvalue weighted by Crippen LogP contribution is 2.17. The van der Waals surface area contributed by atoms with Crippen molar-refractivity contribution in [2.24, 2.45) is 5.92 Å². The largest absolute Gasteiger partial charge is 0.466 e.